The topological polar surface area (TPSA) is 9.23 Å². The lowest BCUT2D eigenvalue weighted by Crippen LogP contribution is -2.53. The van der Waals surface area contributed by atoms with Gasteiger partial charge >= 0.3 is 0 Å². The molecule has 2 unspecified atom stereocenters. The fraction of sp³-hybridized carbons (Fsp3) is 1.00. The van der Waals surface area contributed by atoms with Crippen molar-refractivity contribution in [3.63, 3.8) is 0 Å². The van der Waals surface area contributed by atoms with Crippen LogP contribution in [0.15, 0.2) is 0 Å². The van der Waals surface area contributed by atoms with Gasteiger partial charge in [-0.15, -0.1) is 0 Å². The molecule has 4 aliphatic rings. The van der Waals surface area contributed by atoms with Gasteiger partial charge in [0.2, 0.25) is 0 Å². The molecule has 4 saturated carbocycles. The maximum Gasteiger partial charge on any atom is 0.184 e. The van der Waals surface area contributed by atoms with Gasteiger partial charge in [-0.2, -0.15) is 0 Å². The van der Waals surface area contributed by atoms with Crippen molar-refractivity contribution >= 4 is 8.32 Å². The molecule has 0 radical (unpaired) electrons. The van der Waals surface area contributed by atoms with E-state index < -0.39 is 8.32 Å². The van der Waals surface area contributed by atoms with Gasteiger partial charge in [-0.05, 0) is 112 Å². The molecule has 0 bridgehead atoms. The van der Waals surface area contributed by atoms with Crippen LogP contribution in [-0.4, -0.2) is 14.4 Å². The zero-order valence-corrected chi connectivity index (χ0v) is 17.9. The van der Waals surface area contributed by atoms with E-state index in [1.807, 2.05) is 0 Å². The van der Waals surface area contributed by atoms with Crippen molar-refractivity contribution in [1.29, 1.82) is 0 Å². The van der Waals surface area contributed by atoms with Crippen LogP contribution in [0.3, 0.4) is 0 Å². The first kappa shape index (κ1) is 17.6. The summed E-state index contributed by atoms with van der Waals surface area (Å²) in [6.45, 7) is 12.4. The van der Waals surface area contributed by atoms with Crippen LogP contribution in [-0.2, 0) is 4.43 Å². The molecule has 2 heteroatoms. The smallest absolute Gasteiger partial charge is 0.184 e. The van der Waals surface area contributed by atoms with Crippen LogP contribution in [0, 0.1) is 34.5 Å². The molecule has 0 amide bonds. The number of hydrogen-bond acceptors (Lipinski definition) is 1. The van der Waals surface area contributed by atoms with Gasteiger partial charge in [0.15, 0.2) is 8.32 Å². The van der Waals surface area contributed by atoms with Gasteiger partial charge in [-0.25, -0.2) is 0 Å². The zero-order chi connectivity index (χ0) is 17.2. The van der Waals surface area contributed by atoms with Gasteiger partial charge in [0, 0.05) is 6.10 Å². The molecule has 4 fully saturated rings. The molecule has 0 spiro atoms. The standard InChI is InChI=1S/C22H40OSi/c1-21-12-6-7-19(21)18-9-8-16-15-17(23-24(3,4)5)10-14-22(16,2)20(18)11-13-21/h16-20H,6-15H2,1-5H3/t16?,17?,18-,19-,20-,21-,22-/m0/s1. The van der Waals surface area contributed by atoms with Crippen LogP contribution in [0.4, 0.5) is 0 Å². The Hall–Kier alpha value is 0.177. The minimum Gasteiger partial charge on any atom is -0.415 e. The average molecular weight is 349 g/mol. The Labute approximate surface area is 151 Å². The molecule has 0 heterocycles. The van der Waals surface area contributed by atoms with Crippen LogP contribution in [0.5, 0.6) is 0 Å². The Morgan fingerprint density at radius 2 is 1.62 bits per heavy atom. The third-order valence-corrected chi connectivity index (χ3v) is 9.96. The highest BCUT2D eigenvalue weighted by Crippen LogP contribution is 2.66. The van der Waals surface area contributed by atoms with E-state index in [0.717, 1.165) is 23.7 Å². The van der Waals surface area contributed by atoms with Crippen LogP contribution < -0.4 is 0 Å². The monoisotopic (exact) mass is 348 g/mol. The summed E-state index contributed by atoms with van der Waals surface area (Å²) >= 11 is 0. The highest BCUT2D eigenvalue weighted by molar-refractivity contribution is 6.69. The summed E-state index contributed by atoms with van der Waals surface area (Å²) < 4.78 is 6.53. The summed E-state index contributed by atoms with van der Waals surface area (Å²) in [5, 5.41) is 0. The summed E-state index contributed by atoms with van der Waals surface area (Å²) in [6, 6.07) is 0. The number of fused-ring (bicyclic) bond motifs is 5. The largest absolute Gasteiger partial charge is 0.415 e. The molecule has 4 aliphatic carbocycles. The van der Waals surface area contributed by atoms with Crippen LogP contribution in [0.25, 0.3) is 0 Å². The molecule has 0 aromatic rings. The predicted octanol–water partition coefficient (Wildman–Crippen LogP) is 6.64. The Kier molecular flexibility index (Phi) is 4.28. The minimum atomic E-state index is -1.39. The van der Waals surface area contributed by atoms with E-state index >= 15 is 0 Å². The van der Waals surface area contributed by atoms with E-state index in [0.29, 0.717) is 16.9 Å². The Balaban J connectivity index is 1.50. The molecular formula is C22H40OSi. The van der Waals surface area contributed by atoms with E-state index in [9.17, 15) is 0 Å². The second kappa shape index (κ2) is 5.84. The number of rotatable bonds is 2. The van der Waals surface area contributed by atoms with E-state index in [1.165, 1.54) is 57.8 Å². The lowest BCUT2D eigenvalue weighted by Gasteiger charge is -2.60. The molecule has 0 aliphatic heterocycles. The lowest BCUT2D eigenvalue weighted by molar-refractivity contribution is -0.118. The van der Waals surface area contributed by atoms with Crippen molar-refractivity contribution in [3.8, 4) is 0 Å². The highest BCUT2D eigenvalue weighted by Gasteiger charge is 2.57. The first-order valence-electron chi connectivity index (χ1n) is 10.9. The van der Waals surface area contributed by atoms with Gasteiger partial charge in [-0.1, -0.05) is 20.3 Å². The molecule has 7 atom stereocenters. The van der Waals surface area contributed by atoms with Crippen molar-refractivity contribution < 1.29 is 4.43 Å². The zero-order valence-electron chi connectivity index (χ0n) is 16.9. The summed E-state index contributed by atoms with van der Waals surface area (Å²) in [5.41, 5.74) is 1.34. The fourth-order valence-electron chi connectivity index (χ4n) is 7.82. The van der Waals surface area contributed by atoms with Crippen molar-refractivity contribution in [2.24, 2.45) is 34.5 Å². The van der Waals surface area contributed by atoms with Crippen molar-refractivity contribution in [2.45, 2.75) is 104 Å². The molecule has 138 valence electrons. The Morgan fingerprint density at radius 1 is 0.833 bits per heavy atom. The Morgan fingerprint density at radius 3 is 2.38 bits per heavy atom. The second-order valence-corrected chi connectivity index (χ2v) is 15.8. The van der Waals surface area contributed by atoms with Crippen LogP contribution >= 0.6 is 0 Å². The minimum absolute atomic E-state index is 0.576. The molecule has 1 nitrogen and oxygen atoms in total. The summed E-state index contributed by atoms with van der Waals surface area (Å²) in [6.07, 6.45) is 15.4. The molecule has 0 N–H and O–H groups in total. The van der Waals surface area contributed by atoms with Gasteiger partial charge < -0.3 is 4.43 Å². The van der Waals surface area contributed by atoms with E-state index in [-0.39, 0.29) is 0 Å². The summed E-state index contributed by atoms with van der Waals surface area (Å²) in [7, 11) is -1.39. The third kappa shape index (κ3) is 2.84. The first-order chi connectivity index (χ1) is 11.2. The lowest BCUT2D eigenvalue weighted by atomic mass is 9.45. The maximum absolute atomic E-state index is 6.53. The van der Waals surface area contributed by atoms with Crippen LogP contribution in [0.2, 0.25) is 19.6 Å². The molecule has 0 saturated heterocycles. The predicted molar refractivity (Wildman–Crippen MR) is 105 cm³/mol. The van der Waals surface area contributed by atoms with E-state index in [4.69, 9.17) is 4.43 Å². The maximum atomic E-state index is 6.53. The van der Waals surface area contributed by atoms with Crippen molar-refractivity contribution in [3.05, 3.63) is 0 Å². The molecule has 0 aromatic heterocycles. The van der Waals surface area contributed by atoms with Gasteiger partial charge in [-0.3, -0.25) is 0 Å². The van der Waals surface area contributed by atoms with Gasteiger partial charge in [0.1, 0.15) is 0 Å². The molecule has 0 aromatic carbocycles. The quantitative estimate of drug-likeness (QED) is 0.508. The third-order valence-electron chi connectivity index (χ3n) is 8.92. The Bertz CT molecular complexity index is 483. The molecule has 4 rings (SSSR count). The fourth-order valence-corrected chi connectivity index (χ4v) is 9.03. The van der Waals surface area contributed by atoms with E-state index in [1.54, 1.807) is 6.42 Å². The second-order valence-electron chi connectivity index (χ2n) is 11.4. The van der Waals surface area contributed by atoms with Gasteiger partial charge in [0.05, 0.1) is 0 Å². The van der Waals surface area contributed by atoms with E-state index in [2.05, 4.69) is 33.5 Å². The summed E-state index contributed by atoms with van der Waals surface area (Å²) in [4.78, 5) is 0. The van der Waals surface area contributed by atoms with Crippen LogP contribution in [0.1, 0.15) is 78.1 Å². The molecular weight excluding hydrogens is 308 g/mol. The highest BCUT2D eigenvalue weighted by atomic mass is 28.4. The summed E-state index contributed by atoms with van der Waals surface area (Å²) in [5.74, 6) is 4.09. The van der Waals surface area contributed by atoms with Crippen molar-refractivity contribution in [2.75, 3.05) is 0 Å². The molecule has 24 heavy (non-hydrogen) atoms. The SMILES string of the molecule is C[C@@]12CCC[C@H]1[C@@H]1CCC3CC(O[Si](C)(C)C)CC[C@]3(C)[C@H]1CC2. The van der Waals surface area contributed by atoms with Crippen molar-refractivity contribution in [1.82, 2.24) is 0 Å². The van der Waals surface area contributed by atoms with Gasteiger partial charge in [0.25, 0.3) is 0 Å². The number of hydrogen-bond donors (Lipinski definition) is 0. The normalized spacial score (nSPS) is 51.6. The first-order valence-corrected chi connectivity index (χ1v) is 14.3. The average Bonchev–Trinajstić information content (AvgIpc) is 2.88.